The number of thioether (sulfide) groups is 1. The molecule has 20 heavy (non-hydrogen) atoms. The molecular formula is C12H14N2O4S2. The smallest absolute Gasteiger partial charge is 0.327 e. The van der Waals surface area contributed by atoms with Crippen LogP contribution < -0.4 is 5.32 Å². The minimum atomic E-state index is -1.01. The summed E-state index contributed by atoms with van der Waals surface area (Å²) in [5.74, 6) is -0.953. The lowest BCUT2D eigenvalue weighted by Gasteiger charge is -2.20. The first kappa shape index (κ1) is 14.9. The number of carbonyl (C=O) groups excluding carboxylic acids is 2. The second-order valence-electron chi connectivity index (χ2n) is 4.31. The molecule has 1 saturated heterocycles. The molecule has 1 fully saturated rings. The molecule has 1 aliphatic heterocycles. The predicted octanol–water partition coefficient (Wildman–Crippen LogP) is 0.772. The van der Waals surface area contributed by atoms with Gasteiger partial charge in [0.1, 0.15) is 6.04 Å². The highest BCUT2D eigenvalue weighted by molar-refractivity contribution is 7.99. The maximum Gasteiger partial charge on any atom is 0.327 e. The molecule has 0 aliphatic carbocycles. The first-order chi connectivity index (χ1) is 9.49. The van der Waals surface area contributed by atoms with Crippen LogP contribution in [-0.4, -0.2) is 52.0 Å². The molecule has 0 aromatic carbocycles. The highest BCUT2D eigenvalue weighted by Gasteiger charge is 2.34. The quantitative estimate of drug-likeness (QED) is 0.857. The Morgan fingerprint density at radius 2 is 2.20 bits per heavy atom. The number of aryl methyl sites for hydroxylation is 1. The van der Waals surface area contributed by atoms with E-state index in [2.05, 4.69) is 5.32 Å². The van der Waals surface area contributed by atoms with E-state index in [0.29, 0.717) is 16.5 Å². The van der Waals surface area contributed by atoms with Crippen molar-refractivity contribution in [2.75, 3.05) is 18.2 Å². The summed E-state index contributed by atoms with van der Waals surface area (Å²) in [6.07, 6.45) is 0. The van der Waals surface area contributed by atoms with Crippen LogP contribution in [0.3, 0.4) is 0 Å². The number of rotatable bonds is 4. The Balaban J connectivity index is 1.89. The molecule has 1 aromatic rings. The van der Waals surface area contributed by atoms with Gasteiger partial charge in [-0.05, 0) is 19.1 Å². The first-order valence-corrected chi connectivity index (χ1v) is 7.91. The molecule has 1 aliphatic rings. The number of thiophene rings is 1. The molecule has 6 nitrogen and oxygen atoms in total. The zero-order valence-corrected chi connectivity index (χ0v) is 12.4. The molecule has 8 heteroatoms. The third-order valence-corrected chi connectivity index (χ3v) is 4.86. The van der Waals surface area contributed by atoms with E-state index in [9.17, 15) is 14.4 Å². The molecule has 0 saturated carbocycles. The highest BCUT2D eigenvalue weighted by Crippen LogP contribution is 2.21. The van der Waals surface area contributed by atoms with E-state index in [0.717, 1.165) is 4.88 Å². The number of carboxylic acids is 1. The normalized spacial score (nSPS) is 18.1. The first-order valence-electron chi connectivity index (χ1n) is 5.93. The average molecular weight is 314 g/mol. The number of carboxylic acid groups (broad SMARTS) is 1. The number of hydrogen-bond donors (Lipinski definition) is 2. The minimum Gasteiger partial charge on any atom is -0.480 e. The summed E-state index contributed by atoms with van der Waals surface area (Å²) in [6.45, 7) is 1.71. The number of nitrogens with one attached hydrogen (secondary N) is 1. The van der Waals surface area contributed by atoms with Crippen LogP contribution in [0.4, 0.5) is 0 Å². The van der Waals surface area contributed by atoms with E-state index >= 15 is 0 Å². The van der Waals surface area contributed by atoms with Gasteiger partial charge in [-0.25, -0.2) is 4.79 Å². The van der Waals surface area contributed by atoms with E-state index in [1.54, 1.807) is 6.07 Å². The maximum absolute atomic E-state index is 11.9. The zero-order chi connectivity index (χ0) is 14.7. The van der Waals surface area contributed by atoms with Gasteiger partial charge in [-0.15, -0.1) is 23.1 Å². The van der Waals surface area contributed by atoms with Gasteiger partial charge in [0.2, 0.25) is 5.91 Å². The molecule has 2 heterocycles. The highest BCUT2D eigenvalue weighted by atomic mass is 32.2. The Morgan fingerprint density at radius 3 is 2.80 bits per heavy atom. The third-order valence-electron chi connectivity index (χ3n) is 2.85. The molecule has 108 valence electrons. The van der Waals surface area contributed by atoms with Gasteiger partial charge in [0, 0.05) is 10.6 Å². The molecule has 0 radical (unpaired) electrons. The number of carbonyl (C=O) groups is 3. The molecule has 2 N–H and O–H groups in total. The van der Waals surface area contributed by atoms with Gasteiger partial charge in [0.25, 0.3) is 5.91 Å². The summed E-state index contributed by atoms with van der Waals surface area (Å²) in [5.41, 5.74) is 0. The standard InChI is InChI=1S/C12H14N2O4S2/c1-7-2-3-9(20-7)11(16)13-4-10(15)14-6-19-5-8(14)12(17)18/h2-3,8H,4-6H2,1H3,(H,13,16)(H,17,18)/t8-/m0/s1. The van der Waals surface area contributed by atoms with Crippen molar-refractivity contribution in [2.45, 2.75) is 13.0 Å². The Hall–Kier alpha value is -1.54. The second kappa shape index (κ2) is 6.27. The predicted molar refractivity (Wildman–Crippen MR) is 77.0 cm³/mol. The SMILES string of the molecule is Cc1ccc(C(=O)NCC(=O)N2CSC[C@H]2C(=O)O)s1. The third kappa shape index (κ3) is 3.31. The molecule has 1 atom stereocenters. The lowest BCUT2D eigenvalue weighted by molar-refractivity contribution is -0.147. The Bertz CT molecular complexity index is 543. The van der Waals surface area contributed by atoms with Crippen molar-refractivity contribution in [3.63, 3.8) is 0 Å². The van der Waals surface area contributed by atoms with Crippen LogP contribution in [-0.2, 0) is 9.59 Å². The van der Waals surface area contributed by atoms with Crippen molar-refractivity contribution in [3.8, 4) is 0 Å². The van der Waals surface area contributed by atoms with E-state index in [4.69, 9.17) is 5.11 Å². The lowest BCUT2D eigenvalue weighted by Crippen LogP contribution is -2.46. The van der Waals surface area contributed by atoms with Crippen LogP contribution in [0.25, 0.3) is 0 Å². The van der Waals surface area contributed by atoms with Crippen LogP contribution in [0.2, 0.25) is 0 Å². The van der Waals surface area contributed by atoms with Gasteiger partial charge in [-0.3, -0.25) is 9.59 Å². The number of nitrogens with zero attached hydrogens (tertiary/aromatic N) is 1. The van der Waals surface area contributed by atoms with Gasteiger partial charge < -0.3 is 15.3 Å². The Labute approximate surface area is 124 Å². The van der Waals surface area contributed by atoms with E-state index in [1.165, 1.54) is 28.0 Å². The van der Waals surface area contributed by atoms with Crippen molar-refractivity contribution < 1.29 is 19.5 Å². The Morgan fingerprint density at radius 1 is 1.45 bits per heavy atom. The minimum absolute atomic E-state index is 0.180. The van der Waals surface area contributed by atoms with Gasteiger partial charge >= 0.3 is 5.97 Å². The molecule has 0 spiro atoms. The van der Waals surface area contributed by atoms with Gasteiger partial charge in [-0.2, -0.15) is 0 Å². The van der Waals surface area contributed by atoms with Crippen molar-refractivity contribution in [1.82, 2.24) is 10.2 Å². The molecule has 2 amide bonds. The summed E-state index contributed by atoms with van der Waals surface area (Å²) in [7, 11) is 0. The van der Waals surface area contributed by atoms with Crippen molar-refractivity contribution in [1.29, 1.82) is 0 Å². The van der Waals surface area contributed by atoms with E-state index in [1.807, 2.05) is 13.0 Å². The largest absolute Gasteiger partial charge is 0.480 e. The second-order valence-corrected chi connectivity index (χ2v) is 6.60. The van der Waals surface area contributed by atoms with Crippen LogP contribution in [0.15, 0.2) is 12.1 Å². The number of hydrogen-bond acceptors (Lipinski definition) is 5. The summed E-state index contributed by atoms with van der Waals surface area (Å²) >= 11 is 2.74. The topological polar surface area (TPSA) is 86.7 Å². The summed E-state index contributed by atoms with van der Waals surface area (Å²) in [6, 6.07) is 2.73. The fraction of sp³-hybridized carbons (Fsp3) is 0.417. The molecular weight excluding hydrogens is 300 g/mol. The molecule has 0 unspecified atom stereocenters. The average Bonchev–Trinajstić information content (AvgIpc) is 3.03. The van der Waals surface area contributed by atoms with Crippen LogP contribution >= 0.6 is 23.1 Å². The van der Waals surface area contributed by atoms with Crippen molar-refractivity contribution >= 4 is 40.9 Å². The molecule has 0 bridgehead atoms. The fourth-order valence-electron chi connectivity index (χ4n) is 1.79. The summed E-state index contributed by atoms with van der Waals surface area (Å²) < 4.78 is 0. The molecule has 1 aromatic heterocycles. The van der Waals surface area contributed by atoms with Gasteiger partial charge in [-0.1, -0.05) is 0 Å². The summed E-state index contributed by atoms with van der Waals surface area (Å²) in [4.78, 5) is 37.6. The van der Waals surface area contributed by atoms with Gasteiger partial charge in [0.05, 0.1) is 17.3 Å². The van der Waals surface area contributed by atoms with Crippen LogP contribution in [0.1, 0.15) is 14.5 Å². The van der Waals surface area contributed by atoms with E-state index < -0.39 is 12.0 Å². The van der Waals surface area contributed by atoms with Crippen LogP contribution in [0, 0.1) is 6.92 Å². The van der Waals surface area contributed by atoms with Crippen molar-refractivity contribution in [3.05, 3.63) is 21.9 Å². The fourth-order valence-corrected chi connectivity index (χ4v) is 3.75. The maximum atomic E-state index is 11.9. The van der Waals surface area contributed by atoms with Gasteiger partial charge in [0.15, 0.2) is 0 Å². The number of aliphatic carboxylic acids is 1. The Kier molecular flexibility index (Phi) is 4.66. The molecule has 2 rings (SSSR count). The van der Waals surface area contributed by atoms with Crippen LogP contribution in [0.5, 0.6) is 0 Å². The monoisotopic (exact) mass is 314 g/mol. The van der Waals surface area contributed by atoms with Crippen molar-refractivity contribution in [2.24, 2.45) is 0 Å². The zero-order valence-electron chi connectivity index (χ0n) is 10.8. The van der Waals surface area contributed by atoms with E-state index in [-0.39, 0.29) is 18.4 Å². The number of amides is 2. The lowest BCUT2D eigenvalue weighted by atomic mass is 10.3. The summed E-state index contributed by atoms with van der Waals surface area (Å²) in [5, 5.41) is 11.5.